The lowest BCUT2D eigenvalue weighted by molar-refractivity contribution is 0.466. The average Bonchev–Trinajstić information content (AvgIpc) is 2.37. The number of ether oxygens (including phenoxy) is 1. The van der Waals surface area contributed by atoms with Crippen molar-refractivity contribution in [2.75, 3.05) is 7.05 Å². The molecule has 2 rings (SSSR count). The third-order valence-electron chi connectivity index (χ3n) is 2.86. The molecule has 0 saturated heterocycles. The molecule has 0 amide bonds. The zero-order valence-electron chi connectivity index (χ0n) is 10.8. The highest BCUT2D eigenvalue weighted by atomic mass is 19.1. The first kappa shape index (κ1) is 13.5. The van der Waals surface area contributed by atoms with Crippen molar-refractivity contribution in [3.63, 3.8) is 0 Å². The van der Waals surface area contributed by atoms with Crippen molar-refractivity contribution in [2.24, 2.45) is 0 Å². The third kappa shape index (κ3) is 3.51. The summed E-state index contributed by atoms with van der Waals surface area (Å²) in [5.41, 5.74) is 1.04. The van der Waals surface area contributed by atoms with E-state index in [1.165, 1.54) is 0 Å². The standard InChI is InChI=1S/C15H15F2NO/c1-10(18-2)11-4-3-5-14(6-11)19-15-8-12(16)7-13(17)9-15/h3-10,18H,1-2H3. The highest BCUT2D eigenvalue weighted by Gasteiger charge is 2.06. The summed E-state index contributed by atoms with van der Waals surface area (Å²) in [6.45, 7) is 2.01. The average molecular weight is 263 g/mol. The number of hydrogen-bond acceptors (Lipinski definition) is 2. The second-order valence-electron chi connectivity index (χ2n) is 4.29. The minimum Gasteiger partial charge on any atom is -0.457 e. The molecule has 100 valence electrons. The van der Waals surface area contributed by atoms with Crippen LogP contribution in [0.1, 0.15) is 18.5 Å². The molecule has 0 spiro atoms. The highest BCUT2D eigenvalue weighted by molar-refractivity contribution is 5.35. The second kappa shape index (κ2) is 5.80. The predicted octanol–water partition coefficient (Wildman–Crippen LogP) is 4.04. The fraction of sp³-hybridized carbons (Fsp3) is 0.200. The van der Waals surface area contributed by atoms with E-state index in [0.717, 1.165) is 23.8 Å². The van der Waals surface area contributed by atoms with Crippen LogP contribution in [0, 0.1) is 11.6 Å². The zero-order valence-corrected chi connectivity index (χ0v) is 10.8. The summed E-state index contributed by atoms with van der Waals surface area (Å²) in [6.07, 6.45) is 0. The summed E-state index contributed by atoms with van der Waals surface area (Å²) in [6, 6.07) is 10.7. The van der Waals surface area contributed by atoms with Crippen molar-refractivity contribution in [1.82, 2.24) is 5.32 Å². The molecule has 4 heteroatoms. The number of hydrogen-bond donors (Lipinski definition) is 1. The van der Waals surface area contributed by atoms with Gasteiger partial charge in [-0.25, -0.2) is 8.78 Å². The van der Waals surface area contributed by atoms with Crippen molar-refractivity contribution >= 4 is 0 Å². The van der Waals surface area contributed by atoms with Crippen molar-refractivity contribution in [1.29, 1.82) is 0 Å². The van der Waals surface area contributed by atoms with Crippen LogP contribution in [-0.4, -0.2) is 7.05 Å². The minimum absolute atomic E-state index is 0.145. The van der Waals surface area contributed by atoms with E-state index >= 15 is 0 Å². The van der Waals surface area contributed by atoms with Crippen molar-refractivity contribution < 1.29 is 13.5 Å². The van der Waals surface area contributed by atoms with Gasteiger partial charge in [0.2, 0.25) is 0 Å². The van der Waals surface area contributed by atoms with Crippen molar-refractivity contribution in [2.45, 2.75) is 13.0 Å². The smallest absolute Gasteiger partial charge is 0.133 e. The van der Waals surface area contributed by atoms with Gasteiger partial charge in [-0.05, 0) is 31.7 Å². The molecule has 2 nitrogen and oxygen atoms in total. The summed E-state index contributed by atoms with van der Waals surface area (Å²) >= 11 is 0. The van der Waals surface area contributed by atoms with Crippen LogP contribution in [0.15, 0.2) is 42.5 Å². The Morgan fingerprint density at radius 1 is 1.00 bits per heavy atom. The van der Waals surface area contributed by atoms with Gasteiger partial charge in [-0.15, -0.1) is 0 Å². The SMILES string of the molecule is CNC(C)c1cccc(Oc2cc(F)cc(F)c2)c1. The van der Waals surface area contributed by atoms with Crippen LogP contribution in [0.25, 0.3) is 0 Å². The summed E-state index contributed by atoms with van der Waals surface area (Å²) in [5.74, 6) is -0.624. The Balaban J connectivity index is 2.23. The van der Waals surface area contributed by atoms with Crippen molar-refractivity contribution in [3.8, 4) is 11.5 Å². The van der Waals surface area contributed by atoms with Gasteiger partial charge in [0.05, 0.1) is 0 Å². The Hall–Kier alpha value is -1.94. The van der Waals surface area contributed by atoms with Gasteiger partial charge in [0.25, 0.3) is 0 Å². The number of nitrogens with one attached hydrogen (secondary N) is 1. The summed E-state index contributed by atoms with van der Waals surface area (Å²) in [7, 11) is 1.86. The van der Waals surface area contributed by atoms with Gasteiger partial charge in [0.15, 0.2) is 0 Å². The normalized spacial score (nSPS) is 12.2. The van der Waals surface area contributed by atoms with E-state index in [9.17, 15) is 8.78 Å². The summed E-state index contributed by atoms with van der Waals surface area (Å²) in [5, 5.41) is 3.11. The molecule has 0 radical (unpaired) electrons. The molecule has 19 heavy (non-hydrogen) atoms. The molecule has 1 atom stereocenters. The van der Waals surface area contributed by atoms with Gasteiger partial charge in [-0.3, -0.25) is 0 Å². The van der Waals surface area contributed by atoms with Crippen LogP contribution >= 0.6 is 0 Å². The molecular formula is C15H15F2NO. The molecule has 0 aromatic heterocycles. The molecule has 0 saturated carbocycles. The first-order chi connectivity index (χ1) is 9.08. The maximum Gasteiger partial charge on any atom is 0.133 e. The second-order valence-corrected chi connectivity index (χ2v) is 4.29. The molecule has 0 aliphatic heterocycles. The third-order valence-corrected chi connectivity index (χ3v) is 2.86. The lowest BCUT2D eigenvalue weighted by atomic mass is 10.1. The molecule has 0 fully saturated rings. The lowest BCUT2D eigenvalue weighted by Crippen LogP contribution is -2.12. The minimum atomic E-state index is -0.658. The zero-order chi connectivity index (χ0) is 13.8. The highest BCUT2D eigenvalue weighted by Crippen LogP contribution is 2.25. The first-order valence-corrected chi connectivity index (χ1v) is 5.99. The Morgan fingerprint density at radius 3 is 2.32 bits per heavy atom. The molecule has 0 heterocycles. The molecule has 0 bridgehead atoms. The summed E-state index contributed by atoms with van der Waals surface area (Å²) < 4.78 is 31.6. The van der Waals surface area contributed by atoms with Gasteiger partial charge in [0.1, 0.15) is 23.1 Å². The van der Waals surface area contributed by atoms with E-state index < -0.39 is 11.6 Å². The molecule has 0 aliphatic rings. The Labute approximate surface area is 111 Å². The molecule has 2 aromatic carbocycles. The van der Waals surface area contributed by atoms with Gasteiger partial charge in [-0.1, -0.05) is 12.1 Å². The van der Waals surface area contributed by atoms with E-state index in [-0.39, 0.29) is 11.8 Å². The molecular weight excluding hydrogens is 248 g/mol. The largest absolute Gasteiger partial charge is 0.457 e. The van der Waals surface area contributed by atoms with Crippen LogP contribution in [0.4, 0.5) is 8.78 Å². The lowest BCUT2D eigenvalue weighted by Gasteiger charge is -2.12. The fourth-order valence-electron chi connectivity index (χ4n) is 1.74. The van der Waals surface area contributed by atoms with Gasteiger partial charge >= 0.3 is 0 Å². The van der Waals surface area contributed by atoms with Crippen LogP contribution in [0.3, 0.4) is 0 Å². The number of rotatable bonds is 4. The van der Waals surface area contributed by atoms with E-state index in [1.807, 2.05) is 32.2 Å². The van der Waals surface area contributed by atoms with Crippen LogP contribution in [-0.2, 0) is 0 Å². The maximum atomic E-state index is 13.1. The Kier molecular flexibility index (Phi) is 4.12. The molecule has 1 N–H and O–H groups in total. The Bertz CT molecular complexity index is 552. The maximum absolute atomic E-state index is 13.1. The van der Waals surface area contributed by atoms with Crippen LogP contribution < -0.4 is 10.1 Å². The predicted molar refractivity (Wildman–Crippen MR) is 70.3 cm³/mol. The van der Waals surface area contributed by atoms with Gasteiger partial charge in [0, 0.05) is 24.2 Å². The number of halogens is 2. The molecule has 1 unspecified atom stereocenters. The van der Waals surface area contributed by atoms with Crippen LogP contribution in [0.5, 0.6) is 11.5 Å². The van der Waals surface area contributed by atoms with E-state index in [4.69, 9.17) is 4.74 Å². The Morgan fingerprint density at radius 2 is 1.68 bits per heavy atom. The number of benzene rings is 2. The topological polar surface area (TPSA) is 21.3 Å². The van der Waals surface area contributed by atoms with Crippen molar-refractivity contribution in [3.05, 3.63) is 59.7 Å². The van der Waals surface area contributed by atoms with E-state index in [2.05, 4.69) is 5.32 Å². The van der Waals surface area contributed by atoms with Gasteiger partial charge in [-0.2, -0.15) is 0 Å². The van der Waals surface area contributed by atoms with Gasteiger partial charge < -0.3 is 10.1 Å². The van der Waals surface area contributed by atoms with Crippen LogP contribution in [0.2, 0.25) is 0 Å². The molecule has 2 aromatic rings. The quantitative estimate of drug-likeness (QED) is 0.899. The summed E-state index contributed by atoms with van der Waals surface area (Å²) in [4.78, 5) is 0. The first-order valence-electron chi connectivity index (χ1n) is 5.99. The van der Waals surface area contributed by atoms with E-state index in [0.29, 0.717) is 5.75 Å². The molecule has 0 aliphatic carbocycles. The van der Waals surface area contributed by atoms with E-state index in [1.54, 1.807) is 6.07 Å². The fourth-order valence-corrected chi connectivity index (χ4v) is 1.74. The monoisotopic (exact) mass is 263 g/mol.